The number of nitrogens with zero attached hydrogens (tertiary/aromatic N) is 3. The first kappa shape index (κ1) is 23.3. The monoisotopic (exact) mass is 510 g/mol. The predicted octanol–water partition coefficient (Wildman–Crippen LogP) is 3.98. The molecule has 1 aliphatic heterocycles. The van der Waals surface area contributed by atoms with Crippen molar-refractivity contribution in [3.05, 3.63) is 53.3 Å². The lowest BCUT2D eigenvalue weighted by Crippen LogP contribution is -2.40. The number of hydrogen-bond donors (Lipinski definition) is 1. The average molecular weight is 510 g/mol. The van der Waals surface area contributed by atoms with Crippen LogP contribution >= 0.6 is 24.0 Å². The largest absolute Gasteiger partial charge is 0.497 e. The number of likely N-dealkylation sites (tertiary alicyclic amines) is 1. The lowest BCUT2D eigenvalue weighted by atomic mass is 9.98. The summed E-state index contributed by atoms with van der Waals surface area (Å²) in [4.78, 5) is 11.6. The van der Waals surface area contributed by atoms with Crippen molar-refractivity contribution in [2.75, 3.05) is 33.9 Å². The van der Waals surface area contributed by atoms with Gasteiger partial charge in [0.05, 0.1) is 26.5 Å². The van der Waals surface area contributed by atoms with Gasteiger partial charge in [0.25, 0.3) is 0 Å². The molecule has 1 N–H and O–H groups in total. The van der Waals surface area contributed by atoms with E-state index in [4.69, 9.17) is 14.5 Å². The molecule has 0 aliphatic carbocycles. The van der Waals surface area contributed by atoms with Gasteiger partial charge in [-0.25, -0.2) is 4.99 Å². The Labute approximate surface area is 190 Å². The van der Waals surface area contributed by atoms with Gasteiger partial charge in [-0.05, 0) is 49.6 Å². The second-order valence-corrected chi connectivity index (χ2v) is 7.01. The highest BCUT2D eigenvalue weighted by Gasteiger charge is 2.27. The van der Waals surface area contributed by atoms with Crippen LogP contribution in [0.1, 0.15) is 36.1 Å². The summed E-state index contributed by atoms with van der Waals surface area (Å²) in [6.45, 7) is 7.49. The highest BCUT2D eigenvalue weighted by atomic mass is 127. The second-order valence-electron chi connectivity index (χ2n) is 7.01. The Morgan fingerprint density at radius 1 is 1.24 bits per heavy atom. The van der Waals surface area contributed by atoms with E-state index in [1.807, 2.05) is 18.3 Å². The fourth-order valence-electron chi connectivity index (χ4n) is 3.55. The molecule has 1 saturated heterocycles. The van der Waals surface area contributed by atoms with E-state index in [0.717, 1.165) is 49.2 Å². The third kappa shape index (κ3) is 5.98. The topological polar surface area (TPSA) is 59.0 Å². The molecule has 1 aliphatic rings. The predicted molar refractivity (Wildman–Crippen MR) is 128 cm³/mol. The molecule has 1 atom stereocenters. The molecule has 0 amide bonds. The van der Waals surface area contributed by atoms with Gasteiger partial charge < -0.3 is 19.7 Å². The Morgan fingerprint density at radius 3 is 2.59 bits per heavy atom. The first-order valence-corrected chi connectivity index (χ1v) is 9.81. The number of benzene rings is 1. The molecule has 0 radical (unpaired) electrons. The molecule has 6 nitrogen and oxygen atoms in total. The summed E-state index contributed by atoms with van der Waals surface area (Å²) in [5.41, 5.74) is 3.44. The smallest absolute Gasteiger partial charge is 0.194 e. The molecule has 29 heavy (non-hydrogen) atoms. The van der Waals surface area contributed by atoms with Crippen molar-refractivity contribution in [3.63, 3.8) is 0 Å². The minimum atomic E-state index is 0. The van der Waals surface area contributed by atoms with Crippen LogP contribution in [0.15, 0.2) is 41.5 Å². The number of halogens is 1. The van der Waals surface area contributed by atoms with E-state index in [1.165, 1.54) is 11.1 Å². The number of nitrogens with one attached hydrogen (secondary N) is 1. The van der Waals surface area contributed by atoms with Crippen LogP contribution in [0, 0.1) is 6.92 Å². The number of aliphatic imine (C=N–C) groups is 1. The number of aromatic nitrogens is 1. The SMILES string of the molecule is CCNC(=NCc1ncccc1C)N1CCC(c2cc(OC)cc(OC)c2)C1.I. The van der Waals surface area contributed by atoms with Gasteiger partial charge in [0.2, 0.25) is 0 Å². The molecular formula is C22H31IN4O2. The molecule has 158 valence electrons. The van der Waals surface area contributed by atoms with Crippen LogP contribution in [-0.2, 0) is 6.54 Å². The minimum absolute atomic E-state index is 0. The molecular weight excluding hydrogens is 479 g/mol. The van der Waals surface area contributed by atoms with E-state index in [1.54, 1.807) is 14.2 Å². The van der Waals surface area contributed by atoms with Crippen molar-refractivity contribution >= 4 is 29.9 Å². The Balaban J connectivity index is 0.00000300. The van der Waals surface area contributed by atoms with Crippen LogP contribution in [0.25, 0.3) is 0 Å². The number of guanidine groups is 1. The number of ether oxygens (including phenoxy) is 2. The Bertz CT molecular complexity index is 806. The summed E-state index contributed by atoms with van der Waals surface area (Å²) >= 11 is 0. The van der Waals surface area contributed by atoms with Gasteiger partial charge in [0, 0.05) is 37.8 Å². The van der Waals surface area contributed by atoms with Crippen molar-refractivity contribution in [3.8, 4) is 11.5 Å². The maximum Gasteiger partial charge on any atom is 0.194 e. The highest BCUT2D eigenvalue weighted by molar-refractivity contribution is 14.0. The third-order valence-electron chi connectivity index (χ3n) is 5.16. The van der Waals surface area contributed by atoms with Crippen LogP contribution in [0.3, 0.4) is 0 Å². The quantitative estimate of drug-likeness (QED) is 0.362. The van der Waals surface area contributed by atoms with Gasteiger partial charge in [-0.2, -0.15) is 0 Å². The van der Waals surface area contributed by atoms with Crippen molar-refractivity contribution in [2.24, 2.45) is 4.99 Å². The van der Waals surface area contributed by atoms with Crippen molar-refractivity contribution in [1.29, 1.82) is 0 Å². The van der Waals surface area contributed by atoms with Gasteiger partial charge in [0.1, 0.15) is 11.5 Å². The standard InChI is InChI=1S/C22H30N4O2.HI/c1-5-23-22(25-14-21-16(2)7-6-9-24-21)26-10-8-17(15-26)18-11-19(27-3)13-20(12-18)28-4;/h6-7,9,11-13,17H,5,8,10,14-15H2,1-4H3,(H,23,25);1H. The second kappa shape index (κ2) is 11.2. The zero-order chi connectivity index (χ0) is 19.9. The molecule has 0 saturated carbocycles. The number of aryl methyl sites for hydroxylation is 1. The van der Waals surface area contributed by atoms with Crippen LogP contribution < -0.4 is 14.8 Å². The van der Waals surface area contributed by atoms with Crippen LogP contribution in [0.2, 0.25) is 0 Å². The Morgan fingerprint density at radius 2 is 1.97 bits per heavy atom. The molecule has 2 aromatic rings. The number of methoxy groups -OCH3 is 2. The normalized spacial score (nSPS) is 16.3. The van der Waals surface area contributed by atoms with Crippen LogP contribution in [0.5, 0.6) is 11.5 Å². The molecule has 3 rings (SSSR count). The van der Waals surface area contributed by atoms with Gasteiger partial charge >= 0.3 is 0 Å². The van der Waals surface area contributed by atoms with E-state index in [0.29, 0.717) is 12.5 Å². The number of rotatable bonds is 6. The van der Waals surface area contributed by atoms with Crippen molar-refractivity contribution < 1.29 is 9.47 Å². The van der Waals surface area contributed by atoms with E-state index >= 15 is 0 Å². The average Bonchev–Trinajstić information content (AvgIpc) is 3.22. The first-order chi connectivity index (χ1) is 13.6. The van der Waals surface area contributed by atoms with E-state index in [9.17, 15) is 0 Å². The maximum absolute atomic E-state index is 5.43. The van der Waals surface area contributed by atoms with Crippen LogP contribution in [0.4, 0.5) is 0 Å². The Hall–Kier alpha value is -2.03. The molecule has 1 aromatic heterocycles. The van der Waals surface area contributed by atoms with E-state index < -0.39 is 0 Å². The van der Waals surface area contributed by atoms with Crippen molar-refractivity contribution in [1.82, 2.24) is 15.2 Å². The zero-order valence-electron chi connectivity index (χ0n) is 17.6. The lowest BCUT2D eigenvalue weighted by molar-refractivity contribution is 0.392. The zero-order valence-corrected chi connectivity index (χ0v) is 20.0. The first-order valence-electron chi connectivity index (χ1n) is 9.81. The summed E-state index contributed by atoms with van der Waals surface area (Å²) in [5.74, 6) is 3.03. The van der Waals surface area contributed by atoms with Gasteiger partial charge in [-0.1, -0.05) is 6.07 Å². The van der Waals surface area contributed by atoms with Gasteiger partial charge in [-0.15, -0.1) is 24.0 Å². The summed E-state index contributed by atoms with van der Waals surface area (Å²) in [5, 5.41) is 3.43. The van der Waals surface area contributed by atoms with Crippen LogP contribution in [-0.4, -0.2) is 49.7 Å². The van der Waals surface area contributed by atoms with E-state index in [2.05, 4.69) is 47.2 Å². The summed E-state index contributed by atoms with van der Waals surface area (Å²) in [7, 11) is 3.38. The van der Waals surface area contributed by atoms with Gasteiger partial charge in [0.15, 0.2) is 5.96 Å². The lowest BCUT2D eigenvalue weighted by Gasteiger charge is -2.22. The molecule has 1 fully saturated rings. The molecule has 7 heteroatoms. The molecule has 1 aromatic carbocycles. The molecule has 1 unspecified atom stereocenters. The third-order valence-corrected chi connectivity index (χ3v) is 5.16. The Kier molecular flexibility index (Phi) is 9.00. The molecule has 0 spiro atoms. The molecule has 2 heterocycles. The number of hydrogen-bond acceptors (Lipinski definition) is 4. The van der Waals surface area contributed by atoms with E-state index in [-0.39, 0.29) is 24.0 Å². The highest BCUT2D eigenvalue weighted by Crippen LogP contribution is 2.32. The minimum Gasteiger partial charge on any atom is -0.497 e. The van der Waals surface area contributed by atoms with Gasteiger partial charge in [-0.3, -0.25) is 4.98 Å². The van der Waals surface area contributed by atoms with Crippen molar-refractivity contribution in [2.45, 2.75) is 32.7 Å². The maximum atomic E-state index is 5.43. The fraction of sp³-hybridized carbons (Fsp3) is 0.455. The summed E-state index contributed by atoms with van der Waals surface area (Å²) in [6, 6.07) is 10.2. The fourth-order valence-corrected chi connectivity index (χ4v) is 3.55. The number of pyridine rings is 1. The summed E-state index contributed by atoms with van der Waals surface area (Å²) < 4.78 is 10.9. The molecule has 0 bridgehead atoms. The summed E-state index contributed by atoms with van der Waals surface area (Å²) in [6.07, 6.45) is 2.90.